The lowest BCUT2D eigenvalue weighted by Crippen LogP contribution is -2.48. The van der Waals surface area contributed by atoms with E-state index in [1.54, 1.807) is 30.3 Å². The van der Waals surface area contributed by atoms with Gasteiger partial charge in [0.05, 0.1) is 17.1 Å². The highest BCUT2D eigenvalue weighted by Crippen LogP contribution is 2.39. The number of aromatic nitrogens is 2. The maximum Gasteiger partial charge on any atom is 0.269 e. The first-order chi connectivity index (χ1) is 17.4. The number of halogens is 1. The van der Waals surface area contributed by atoms with Crippen LogP contribution in [0.15, 0.2) is 88.1 Å². The van der Waals surface area contributed by atoms with E-state index < -0.39 is 22.0 Å². The molecule has 5 rings (SSSR count). The quantitative estimate of drug-likeness (QED) is 0.249. The van der Waals surface area contributed by atoms with Crippen LogP contribution in [0.3, 0.4) is 0 Å². The molecule has 1 atom stereocenters. The summed E-state index contributed by atoms with van der Waals surface area (Å²) in [6.07, 6.45) is -1.11. The topological polar surface area (TPSA) is 101 Å². The average Bonchev–Trinajstić information content (AvgIpc) is 3.35. The Kier molecular flexibility index (Phi) is 7.15. The fourth-order valence-electron chi connectivity index (χ4n) is 3.53. The Morgan fingerprint density at radius 1 is 1.08 bits per heavy atom. The highest BCUT2D eigenvalue weighted by molar-refractivity contribution is 8.00. The van der Waals surface area contributed by atoms with Gasteiger partial charge in [0.1, 0.15) is 5.75 Å². The number of thioether (sulfide) groups is 1. The minimum Gasteiger partial charge on any atom is -0.476 e. The van der Waals surface area contributed by atoms with Crippen LogP contribution in [0.2, 0.25) is 5.02 Å². The Bertz CT molecular complexity index is 1480. The summed E-state index contributed by atoms with van der Waals surface area (Å²) >= 11 is 8.89. The fourth-order valence-corrected chi connectivity index (χ4v) is 6.90. The Morgan fingerprint density at radius 3 is 2.56 bits per heavy atom. The summed E-state index contributed by atoms with van der Waals surface area (Å²) in [6, 6.07) is 22.6. The molecule has 0 spiro atoms. The van der Waals surface area contributed by atoms with Crippen LogP contribution in [0.4, 0.5) is 10.8 Å². The molecule has 0 bridgehead atoms. The summed E-state index contributed by atoms with van der Waals surface area (Å²) in [4.78, 5) is 13.2. The van der Waals surface area contributed by atoms with Gasteiger partial charge in [0.15, 0.2) is 10.4 Å². The maximum absolute atomic E-state index is 13.5. The first-order valence-corrected chi connectivity index (χ1v) is 14.4. The third-order valence-electron chi connectivity index (χ3n) is 5.26. The zero-order valence-electron chi connectivity index (χ0n) is 18.6. The van der Waals surface area contributed by atoms with Crippen LogP contribution in [0.25, 0.3) is 0 Å². The van der Waals surface area contributed by atoms with Gasteiger partial charge in [-0.2, -0.15) is 0 Å². The van der Waals surface area contributed by atoms with Gasteiger partial charge in [0.2, 0.25) is 5.13 Å². The van der Waals surface area contributed by atoms with Crippen LogP contribution < -0.4 is 14.4 Å². The number of carbonyl (C=O) groups is 1. The molecular formula is C24H19ClN4O4S3. The second-order valence-corrected chi connectivity index (χ2v) is 12.2. The van der Waals surface area contributed by atoms with Crippen molar-refractivity contribution in [2.45, 2.75) is 21.1 Å². The van der Waals surface area contributed by atoms with Crippen LogP contribution in [-0.4, -0.2) is 37.2 Å². The monoisotopic (exact) mass is 558 g/mol. The minimum absolute atomic E-state index is 0.0983. The van der Waals surface area contributed by atoms with Crippen molar-refractivity contribution in [1.29, 1.82) is 0 Å². The third-order valence-corrected chi connectivity index (χ3v) is 9.33. The van der Waals surface area contributed by atoms with Gasteiger partial charge in [0.25, 0.3) is 15.9 Å². The predicted octanol–water partition coefficient (Wildman–Crippen LogP) is 5.08. The molecule has 1 aliphatic rings. The first-order valence-electron chi connectivity index (χ1n) is 10.8. The summed E-state index contributed by atoms with van der Waals surface area (Å²) in [5.74, 6) is 0.433. The summed E-state index contributed by atoms with van der Waals surface area (Å²) in [7, 11) is -3.98. The van der Waals surface area contributed by atoms with Gasteiger partial charge in [0, 0.05) is 10.8 Å². The summed E-state index contributed by atoms with van der Waals surface area (Å²) in [6.45, 7) is -0.231. The van der Waals surface area contributed by atoms with Crippen molar-refractivity contribution in [3.8, 4) is 5.75 Å². The minimum atomic E-state index is -3.98. The fraction of sp³-hybridized carbons (Fsp3) is 0.125. The zero-order chi connectivity index (χ0) is 25.1. The van der Waals surface area contributed by atoms with Crippen molar-refractivity contribution in [2.75, 3.05) is 16.2 Å². The molecule has 1 N–H and O–H groups in total. The SMILES string of the molecule is O=C(Nc1nnc(SCc2ccccc2)s1)C1CN(S(=O)(=O)c2ccccc2)c2cc(Cl)ccc2O1. The lowest BCUT2D eigenvalue weighted by molar-refractivity contribution is -0.122. The van der Waals surface area contributed by atoms with E-state index in [1.165, 1.54) is 41.3 Å². The van der Waals surface area contributed by atoms with E-state index in [4.69, 9.17) is 16.3 Å². The number of sulfonamides is 1. The van der Waals surface area contributed by atoms with E-state index in [0.717, 1.165) is 15.6 Å². The molecule has 0 saturated heterocycles. The number of rotatable bonds is 7. The molecule has 4 aromatic rings. The molecule has 1 aliphatic heterocycles. The molecule has 36 heavy (non-hydrogen) atoms. The van der Waals surface area contributed by atoms with E-state index in [0.29, 0.717) is 14.5 Å². The largest absolute Gasteiger partial charge is 0.476 e. The normalized spacial score (nSPS) is 15.1. The zero-order valence-corrected chi connectivity index (χ0v) is 21.8. The molecule has 1 unspecified atom stereocenters. The van der Waals surface area contributed by atoms with Crippen LogP contribution >= 0.6 is 34.7 Å². The number of nitrogens with zero attached hydrogens (tertiary/aromatic N) is 3. The van der Waals surface area contributed by atoms with Gasteiger partial charge in [-0.25, -0.2) is 8.42 Å². The number of hydrogen-bond acceptors (Lipinski definition) is 8. The van der Waals surface area contributed by atoms with E-state index in [2.05, 4.69) is 15.5 Å². The molecule has 0 aliphatic carbocycles. The number of nitrogens with one attached hydrogen (secondary N) is 1. The number of hydrogen-bond donors (Lipinski definition) is 1. The molecule has 184 valence electrons. The van der Waals surface area contributed by atoms with Crippen molar-refractivity contribution in [1.82, 2.24) is 10.2 Å². The number of fused-ring (bicyclic) bond motifs is 1. The van der Waals surface area contributed by atoms with E-state index in [9.17, 15) is 13.2 Å². The lowest BCUT2D eigenvalue weighted by atomic mass is 10.2. The number of anilines is 2. The Morgan fingerprint density at radius 2 is 1.81 bits per heavy atom. The number of ether oxygens (including phenoxy) is 1. The highest BCUT2D eigenvalue weighted by Gasteiger charge is 2.38. The summed E-state index contributed by atoms with van der Waals surface area (Å²) < 4.78 is 34.6. The van der Waals surface area contributed by atoms with Gasteiger partial charge in [-0.05, 0) is 35.9 Å². The number of benzene rings is 3. The first kappa shape index (κ1) is 24.6. The van der Waals surface area contributed by atoms with Crippen LogP contribution in [-0.2, 0) is 20.6 Å². The highest BCUT2D eigenvalue weighted by atomic mass is 35.5. The van der Waals surface area contributed by atoms with Gasteiger partial charge in [-0.15, -0.1) is 10.2 Å². The molecule has 12 heteroatoms. The van der Waals surface area contributed by atoms with Crippen molar-refractivity contribution in [3.63, 3.8) is 0 Å². The van der Waals surface area contributed by atoms with Gasteiger partial charge < -0.3 is 4.74 Å². The van der Waals surface area contributed by atoms with E-state index in [-0.39, 0.29) is 22.9 Å². The molecule has 3 aromatic carbocycles. The van der Waals surface area contributed by atoms with Crippen molar-refractivity contribution < 1.29 is 17.9 Å². The molecule has 8 nitrogen and oxygen atoms in total. The average molecular weight is 559 g/mol. The van der Waals surface area contributed by atoms with Crippen molar-refractivity contribution in [3.05, 3.63) is 89.4 Å². The standard InChI is InChI=1S/C24H19ClN4O4S3/c25-17-11-12-20-19(13-17)29(36(31,32)18-9-5-2-6-10-18)14-21(33-20)22(30)26-23-27-28-24(35-23)34-15-16-7-3-1-4-8-16/h1-13,21H,14-15H2,(H,26,27,30). The Labute approximate surface area is 221 Å². The van der Waals surface area contributed by atoms with Crippen molar-refractivity contribution in [2.24, 2.45) is 0 Å². The third kappa shape index (κ3) is 5.34. The second kappa shape index (κ2) is 10.5. The van der Waals surface area contributed by atoms with E-state index >= 15 is 0 Å². The molecule has 1 aromatic heterocycles. The van der Waals surface area contributed by atoms with Gasteiger partial charge in [-0.1, -0.05) is 83.2 Å². The Balaban J connectivity index is 1.33. The number of carbonyl (C=O) groups excluding carboxylic acids is 1. The van der Waals surface area contributed by atoms with Gasteiger partial charge in [-0.3, -0.25) is 14.4 Å². The molecule has 0 saturated carbocycles. The predicted molar refractivity (Wildman–Crippen MR) is 141 cm³/mol. The molecule has 0 fully saturated rings. The van der Waals surface area contributed by atoms with Crippen LogP contribution in [0, 0.1) is 0 Å². The van der Waals surface area contributed by atoms with Crippen LogP contribution in [0.1, 0.15) is 5.56 Å². The molecule has 2 heterocycles. The number of amides is 1. The molecular weight excluding hydrogens is 540 g/mol. The van der Waals surface area contributed by atoms with E-state index in [1.807, 2.05) is 30.3 Å². The molecule has 0 radical (unpaired) electrons. The van der Waals surface area contributed by atoms with Crippen molar-refractivity contribution >= 4 is 61.4 Å². The Hall–Kier alpha value is -3.12. The maximum atomic E-state index is 13.5. The van der Waals surface area contributed by atoms with Gasteiger partial charge >= 0.3 is 0 Å². The van der Waals surface area contributed by atoms with Crippen LogP contribution in [0.5, 0.6) is 5.75 Å². The smallest absolute Gasteiger partial charge is 0.269 e. The summed E-state index contributed by atoms with van der Waals surface area (Å²) in [5.41, 5.74) is 1.42. The second-order valence-electron chi connectivity index (χ2n) is 7.70. The summed E-state index contributed by atoms with van der Waals surface area (Å²) in [5, 5.41) is 11.5. The molecule has 1 amide bonds. The lowest BCUT2D eigenvalue weighted by Gasteiger charge is -2.34.